The van der Waals surface area contributed by atoms with Gasteiger partial charge in [0.1, 0.15) is 0 Å². The highest BCUT2D eigenvalue weighted by atomic mass is 16.3. The summed E-state index contributed by atoms with van der Waals surface area (Å²) in [5.74, 6) is 0.694. The van der Waals surface area contributed by atoms with Crippen LogP contribution < -0.4 is 0 Å². The molecule has 1 heteroatoms. The molecule has 1 N–H and O–H groups in total. The smallest absolute Gasteiger partial charge is 0.0433 e. The third-order valence-electron chi connectivity index (χ3n) is 2.56. The van der Waals surface area contributed by atoms with E-state index >= 15 is 0 Å². The highest BCUT2D eigenvalue weighted by Gasteiger charge is 1.99. The number of allylic oxidation sites excluding steroid dienone is 2. The molecule has 0 aliphatic carbocycles. The Kier molecular flexibility index (Phi) is 10.5. The summed E-state index contributed by atoms with van der Waals surface area (Å²) in [7, 11) is 0. The van der Waals surface area contributed by atoms with Crippen molar-refractivity contribution in [3.8, 4) is 0 Å². The summed E-state index contributed by atoms with van der Waals surface area (Å²) in [6, 6.07) is 0. The summed E-state index contributed by atoms with van der Waals surface area (Å²) in [4.78, 5) is 0. The first-order valence-electron chi connectivity index (χ1n) is 6.07. The largest absolute Gasteiger partial charge is 0.396 e. The van der Waals surface area contributed by atoms with E-state index in [4.69, 9.17) is 5.11 Å². The number of rotatable bonds is 9. The van der Waals surface area contributed by atoms with Crippen LogP contribution in [0.15, 0.2) is 12.2 Å². The molecule has 0 aliphatic heterocycles. The van der Waals surface area contributed by atoms with Crippen molar-refractivity contribution in [3.63, 3.8) is 0 Å². The molecular formula is C13H26O. The minimum absolute atomic E-state index is 0.345. The SMILES string of the molecule is CCC/C=C/CCCCC(C)CCO. The lowest BCUT2D eigenvalue weighted by Gasteiger charge is -2.07. The minimum atomic E-state index is 0.345. The van der Waals surface area contributed by atoms with Crippen molar-refractivity contribution in [2.24, 2.45) is 5.92 Å². The van der Waals surface area contributed by atoms with Crippen LogP contribution in [0.5, 0.6) is 0 Å². The quantitative estimate of drug-likeness (QED) is 0.440. The number of hydrogen-bond acceptors (Lipinski definition) is 1. The van der Waals surface area contributed by atoms with Gasteiger partial charge in [0, 0.05) is 6.61 Å². The van der Waals surface area contributed by atoms with Crippen molar-refractivity contribution in [3.05, 3.63) is 12.2 Å². The fraction of sp³-hybridized carbons (Fsp3) is 0.846. The van der Waals surface area contributed by atoms with Gasteiger partial charge in [-0.2, -0.15) is 0 Å². The molecule has 0 aromatic carbocycles. The van der Waals surface area contributed by atoms with Crippen LogP contribution >= 0.6 is 0 Å². The highest BCUT2D eigenvalue weighted by molar-refractivity contribution is 4.80. The van der Waals surface area contributed by atoms with Crippen LogP contribution in [0, 0.1) is 5.92 Å². The van der Waals surface area contributed by atoms with Crippen molar-refractivity contribution < 1.29 is 5.11 Å². The van der Waals surface area contributed by atoms with E-state index in [-0.39, 0.29) is 0 Å². The summed E-state index contributed by atoms with van der Waals surface area (Å²) in [5.41, 5.74) is 0. The zero-order chi connectivity index (χ0) is 10.6. The van der Waals surface area contributed by atoms with Crippen LogP contribution in [0.1, 0.15) is 58.8 Å². The van der Waals surface area contributed by atoms with Gasteiger partial charge in [-0.3, -0.25) is 0 Å². The van der Waals surface area contributed by atoms with E-state index in [1.807, 2.05) is 0 Å². The molecule has 1 atom stereocenters. The van der Waals surface area contributed by atoms with Gasteiger partial charge in [0.25, 0.3) is 0 Å². The predicted molar refractivity (Wildman–Crippen MR) is 63.4 cm³/mol. The molecule has 14 heavy (non-hydrogen) atoms. The normalized spacial score (nSPS) is 13.6. The van der Waals surface area contributed by atoms with Crippen molar-refractivity contribution in [1.29, 1.82) is 0 Å². The van der Waals surface area contributed by atoms with Crippen molar-refractivity contribution in [1.82, 2.24) is 0 Å². The van der Waals surface area contributed by atoms with Gasteiger partial charge in [0.2, 0.25) is 0 Å². The van der Waals surface area contributed by atoms with Crippen LogP contribution in [0.25, 0.3) is 0 Å². The molecule has 0 aromatic heterocycles. The maximum atomic E-state index is 8.73. The summed E-state index contributed by atoms with van der Waals surface area (Å²) in [6.45, 7) is 4.78. The van der Waals surface area contributed by atoms with Gasteiger partial charge in [-0.25, -0.2) is 0 Å². The predicted octanol–water partition coefficient (Wildman–Crippen LogP) is 3.92. The third kappa shape index (κ3) is 9.79. The van der Waals surface area contributed by atoms with Gasteiger partial charge >= 0.3 is 0 Å². The number of unbranched alkanes of at least 4 members (excludes halogenated alkanes) is 3. The first-order chi connectivity index (χ1) is 6.81. The Morgan fingerprint density at radius 2 is 1.79 bits per heavy atom. The molecule has 1 nitrogen and oxygen atoms in total. The lowest BCUT2D eigenvalue weighted by atomic mass is 10.0. The van der Waals surface area contributed by atoms with Gasteiger partial charge in [-0.05, 0) is 31.6 Å². The molecule has 0 radical (unpaired) electrons. The molecule has 0 fully saturated rings. The van der Waals surface area contributed by atoms with Crippen LogP contribution in [-0.2, 0) is 0 Å². The van der Waals surface area contributed by atoms with Crippen LogP contribution in [0.2, 0.25) is 0 Å². The average molecular weight is 198 g/mol. The van der Waals surface area contributed by atoms with Crippen molar-refractivity contribution >= 4 is 0 Å². The maximum Gasteiger partial charge on any atom is 0.0433 e. The Labute approximate surface area is 89.2 Å². The lowest BCUT2D eigenvalue weighted by Crippen LogP contribution is -1.97. The van der Waals surface area contributed by atoms with Crippen molar-refractivity contribution in [2.75, 3.05) is 6.61 Å². The monoisotopic (exact) mass is 198 g/mol. The van der Waals surface area contributed by atoms with Gasteiger partial charge < -0.3 is 5.11 Å². The van der Waals surface area contributed by atoms with Crippen LogP contribution in [-0.4, -0.2) is 11.7 Å². The zero-order valence-electron chi connectivity index (χ0n) is 9.84. The lowest BCUT2D eigenvalue weighted by molar-refractivity contribution is 0.257. The average Bonchev–Trinajstić information content (AvgIpc) is 2.17. The summed E-state index contributed by atoms with van der Waals surface area (Å²) in [6.07, 6.45) is 13.1. The van der Waals surface area contributed by atoms with Gasteiger partial charge in [-0.15, -0.1) is 0 Å². The van der Waals surface area contributed by atoms with E-state index in [2.05, 4.69) is 26.0 Å². The fourth-order valence-electron chi connectivity index (χ4n) is 1.52. The second-order valence-electron chi connectivity index (χ2n) is 4.16. The second-order valence-corrected chi connectivity index (χ2v) is 4.16. The molecule has 1 unspecified atom stereocenters. The molecule has 0 bridgehead atoms. The molecular weight excluding hydrogens is 172 g/mol. The minimum Gasteiger partial charge on any atom is -0.396 e. The molecule has 0 saturated heterocycles. The van der Waals surface area contributed by atoms with Crippen LogP contribution in [0.4, 0.5) is 0 Å². The first-order valence-corrected chi connectivity index (χ1v) is 6.07. The van der Waals surface area contributed by atoms with E-state index in [1.165, 1.54) is 38.5 Å². The zero-order valence-corrected chi connectivity index (χ0v) is 9.84. The van der Waals surface area contributed by atoms with E-state index in [9.17, 15) is 0 Å². The first kappa shape index (κ1) is 13.7. The summed E-state index contributed by atoms with van der Waals surface area (Å²) >= 11 is 0. The molecule has 0 heterocycles. The molecule has 0 rings (SSSR count). The Morgan fingerprint density at radius 3 is 2.43 bits per heavy atom. The molecule has 0 saturated carbocycles. The molecule has 0 aliphatic rings. The maximum absolute atomic E-state index is 8.73. The summed E-state index contributed by atoms with van der Waals surface area (Å²) in [5, 5.41) is 8.73. The Balaban J connectivity index is 3.12. The van der Waals surface area contributed by atoms with Crippen LogP contribution in [0.3, 0.4) is 0 Å². The highest BCUT2D eigenvalue weighted by Crippen LogP contribution is 2.12. The standard InChI is InChI=1S/C13H26O/c1-3-4-5-6-7-8-9-10-13(2)11-12-14/h5-6,13-14H,3-4,7-12H2,1-2H3/b6-5+. The van der Waals surface area contributed by atoms with Crippen molar-refractivity contribution in [2.45, 2.75) is 58.8 Å². The topological polar surface area (TPSA) is 20.2 Å². The summed E-state index contributed by atoms with van der Waals surface area (Å²) < 4.78 is 0. The van der Waals surface area contributed by atoms with Gasteiger partial charge in [-0.1, -0.05) is 45.3 Å². The molecule has 0 amide bonds. The van der Waals surface area contributed by atoms with E-state index in [1.54, 1.807) is 0 Å². The second kappa shape index (κ2) is 10.8. The van der Waals surface area contributed by atoms with E-state index in [0.717, 1.165) is 6.42 Å². The van der Waals surface area contributed by atoms with E-state index < -0.39 is 0 Å². The Hall–Kier alpha value is -0.300. The molecule has 0 aromatic rings. The van der Waals surface area contributed by atoms with E-state index in [0.29, 0.717) is 12.5 Å². The Morgan fingerprint density at radius 1 is 1.07 bits per heavy atom. The van der Waals surface area contributed by atoms with Gasteiger partial charge in [0.15, 0.2) is 0 Å². The number of aliphatic hydroxyl groups is 1. The molecule has 0 spiro atoms. The number of hydrogen-bond donors (Lipinski definition) is 1. The fourth-order valence-corrected chi connectivity index (χ4v) is 1.52. The third-order valence-corrected chi connectivity index (χ3v) is 2.56. The van der Waals surface area contributed by atoms with Gasteiger partial charge in [0.05, 0.1) is 0 Å². The molecule has 84 valence electrons. The number of aliphatic hydroxyl groups excluding tert-OH is 1. The Bertz CT molecular complexity index is 129.